The molecule has 0 aromatic rings. The Balaban J connectivity index is 0.000000351. The van der Waals surface area contributed by atoms with E-state index in [0.717, 1.165) is 24.2 Å². The lowest BCUT2D eigenvalue weighted by atomic mass is 10.2. The Hall–Kier alpha value is -1.67. The van der Waals surface area contributed by atoms with Crippen LogP contribution in [0.25, 0.3) is 0 Å². The molecule has 2 bridgehead atoms. The van der Waals surface area contributed by atoms with Crippen LogP contribution < -0.4 is 11.1 Å². The average molecular weight is 393 g/mol. The van der Waals surface area contributed by atoms with Gasteiger partial charge in [-0.25, -0.2) is 0 Å². The molecule has 0 amide bonds. The Morgan fingerprint density at radius 1 is 1.08 bits per heavy atom. The lowest BCUT2D eigenvalue weighted by molar-refractivity contribution is -0.139. The number of nitrogens with two attached hydrogens (primary N) is 1. The van der Waals surface area contributed by atoms with Gasteiger partial charge in [-0.15, -0.1) is 23.2 Å². The number of ketones is 1. The normalized spacial score (nSPS) is 14.6. The fraction of sp³-hybridized carbons (Fsp3) is 0.438. The first-order chi connectivity index (χ1) is 11.8. The van der Waals surface area contributed by atoms with Crippen LogP contribution >= 0.6 is 23.2 Å². The molecule has 25 heavy (non-hydrogen) atoms. The number of hydrogen-bond donors (Lipinski definition) is 4. The molecule has 0 aromatic heterocycles. The highest BCUT2D eigenvalue weighted by Gasteiger charge is 2.20. The van der Waals surface area contributed by atoms with Crippen LogP contribution in [0.2, 0.25) is 0 Å². The summed E-state index contributed by atoms with van der Waals surface area (Å²) in [7, 11) is 0. The van der Waals surface area contributed by atoms with Gasteiger partial charge in [-0.05, 0) is 6.42 Å². The highest BCUT2D eigenvalue weighted by Crippen LogP contribution is 2.23. The number of carbonyl (C=O) groups excluding carboxylic acids is 1. The summed E-state index contributed by atoms with van der Waals surface area (Å²) in [5.41, 5.74) is 6.67. The molecule has 2 aliphatic carbocycles. The number of rotatable bonds is 8. The van der Waals surface area contributed by atoms with Crippen molar-refractivity contribution in [1.82, 2.24) is 5.32 Å². The molecule has 0 heterocycles. The number of nitrogens with one attached hydrogen (secondary N) is 1. The second-order valence-electron chi connectivity index (χ2n) is 4.91. The van der Waals surface area contributed by atoms with Gasteiger partial charge in [0.2, 0.25) is 0 Å². The Kier molecular flexibility index (Phi) is 12.7. The molecule has 0 saturated heterocycles. The first-order valence-electron chi connectivity index (χ1n) is 7.51. The molecule has 140 valence electrons. The zero-order valence-corrected chi connectivity index (χ0v) is 15.1. The van der Waals surface area contributed by atoms with Crippen LogP contribution in [0.5, 0.6) is 0 Å². The number of halogens is 2. The molecule has 2 rings (SSSR count). The van der Waals surface area contributed by atoms with Gasteiger partial charge in [-0.3, -0.25) is 14.4 Å². The fourth-order valence-electron chi connectivity index (χ4n) is 1.60. The summed E-state index contributed by atoms with van der Waals surface area (Å²) in [6.45, 7) is 1.71. The van der Waals surface area contributed by atoms with E-state index in [0.29, 0.717) is 11.8 Å². The third kappa shape index (κ3) is 10.7. The van der Waals surface area contributed by atoms with Crippen molar-refractivity contribution in [1.29, 1.82) is 0 Å². The Bertz CT molecular complexity index is 531. The van der Waals surface area contributed by atoms with E-state index < -0.39 is 18.0 Å². The second-order valence-corrected chi connectivity index (χ2v) is 5.67. The second kappa shape index (κ2) is 13.6. The van der Waals surface area contributed by atoms with E-state index >= 15 is 0 Å². The fourth-order valence-corrected chi connectivity index (χ4v) is 1.87. The van der Waals surface area contributed by atoms with Crippen molar-refractivity contribution >= 4 is 40.9 Å². The van der Waals surface area contributed by atoms with Crippen LogP contribution in [0, 0.1) is 0 Å². The number of carbonyl (C=O) groups is 3. The molecule has 0 saturated carbocycles. The van der Waals surface area contributed by atoms with Crippen LogP contribution in [-0.4, -0.2) is 58.8 Å². The quantitative estimate of drug-likeness (QED) is 0.361. The Morgan fingerprint density at radius 3 is 1.80 bits per heavy atom. The van der Waals surface area contributed by atoms with Crippen LogP contribution in [0.4, 0.5) is 0 Å². The van der Waals surface area contributed by atoms with E-state index in [2.05, 4.69) is 5.32 Å². The molecule has 5 N–H and O–H groups in total. The largest absolute Gasteiger partial charge is 0.481 e. The summed E-state index contributed by atoms with van der Waals surface area (Å²) in [5, 5.41) is 19.3. The van der Waals surface area contributed by atoms with Crippen molar-refractivity contribution in [2.24, 2.45) is 5.73 Å². The van der Waals surface area contributed by atoms with Gasteiger partial charge in [-0.2, -0.15) is 0 Å². The molecule has 7 nitrogen and oxygen atoms in total. The molecule has 0 radical (unpaired) electrons. The van der Waals surface area contributed by atoms with Crippen molar-refractivity contribution in [2.45, 2.75) is 18.9 Å². The lowest BCUT2D eigenvalue weighted by Crippen LogP contribution is -2.30. The van der Waals surface area contributed by atoms with Gasteiger partial charge in [0.05, 0.1) is 0 Å². The number of allylic oxidation sites excluding steroid dienone is 6. The summed E-state index contributed by atoms with van der Waals surface area (Å²) < 4.78 is 0. The Labute approximate surface area is 156 Å². The van der Waals surface area contributed by atoms with Gasteiger partial charge in [0.25, 0.3) is 0 Å². The third-order valence-electron chi connectivity index (χ3n) is 2.94. The highest BCUT2D eigenvalue weighted by atomic mass is 35.5. The van der Waals surface area contributed by atoms with E-state index in [1.165, 1.54) is 0 Å². The standard InChI is InChI=1S/C7H4O.C5H9NO4.C4H9Cl2N/c8-7-5-1-2-6(7)4-3-5;6-3(5(9)10)1-2-4(7)8;5-1-3-7-4-2-6/h1-4H;3H,1-2,6H2,(H,7,8)(H,9,10);7H,1-4H2. The number of aliphatic carboxylic acids is 2. The number of Topliss-reactive ketones (excluding diaryl/α,β-unsaturated/α-hetero) is 1. The molecular formula is C16H22Cl2N2O5. The summed E-state index contributed by atoms with van der Waals surface area (Å²) in [6, 6.07) is -1.06. The number of fused-ring (bicyclic) bond motifs is 2. The lowest BCUT2D eigenvalue weighted by Gasteiger charge is -2.01. The van der Waals surface area contributed by atoms with Gasteiger partial charge in [0, 0.05) is 42.4 Å². The molecule has 2 aliphatic rings. The molecule has 9 heteroatoms. The minimum absolute atomic E-state index is 0.0231. The maximum Gasteiger partial charge on any atom is 0.320 e. The smallest absolute Gasteiger partial charge is 0.320 e. The van der Waals surface area contributed by atoms with Crippen molar-refractivity contribution in [2.75, 3.05) is 24.8 Å². The summed E-state index contributed by atoms with van der Waals surface area (Å²) in [5.74, 6) is -0.684. The minimum atomic E-state index is -1.17. The van der Waals surface area contributed by atoms with Gasteiger partial charge < -0.3 is 21.3 Å². The van der Waals surface area contributed by atoms with Crippen molar-refractivity contribution in [3.05, 3.63) is 35.5 Å². The van der Waals surface area contributed by atoms with Crippen LogP contribution in [-0.2, 0) is 14.4 Å². The Morgan fingerprint density at radius 2 is 1.56 bits per heavy atom. The first-order valence-corrected chi connectivity index (χ1v) is 8.58. The van der Waals surface area contributed by atoms with Gasteiger partial charge in [0.15, 0.2) is 5.78 Å². The van der Waals surface area contributed by atoms with Crippen molar-refractivity contribution in [3.8, 4) is 0 Å². The summed E-state index contributed by atoms with van der Waals surface area (Å²) >= 11 is 10.7. The van der Waals surface area contributed by atoms with Gasteiger partial charge >= 0.3 is 11.9 Å². The van der Waals surface area contributed by atoms with E-state index in [1.54, 1.807) is 0 Å². The SMILES string of the molecule is ClCCNCCCl.NC(CCC(=O)O)C(=O)O.O=C1C2=CC=C1C=C2. The van der Waals surface area contributed by atoms with E-state index in [9.17, 15) is 14.4 Å². The molecule has 0 aromatic carbocycles. The first kappa shape index (κ1) is 23.3. The number of carboxylic acid groups (broad SMARTS) is 2. The molecule has 0 aliphatic heterocycles. The van der Waals surface area contributed by atoms with Gasteiger partial charge in [0.1, 0.15) is 6.04 Å². The zero-order valence-electron chi connectivity index (χ0n) is 13.6. The topological polar surface area (TPSA) is 130 Å². The molecule has 0 spiro atoms. The number of alkyl halides is 2. The minimum Gasteiger partial charge on any atom is -0.481 e. The molecule has 0 fully saturated rings. The molecule has 1 atom stereocenters. The van der Waals surface area contributed by atoms with Crippen LogP contribution in [0.1, 0.15) is 12.8 Å². The van der Waals surface area contributed by atoms with E-state index in [-0.39, 0.29) is 18.6 Å². The predicted molar refractivity (Wildman–Crippen MR) is 97.1 cm³/mol. The van der Waals surface area contributed by atoms with Crippen LogP contribution in [0.15, 0.2) is 35.5 Å². The van der Waals surface area contributed by atoms with Crippen LogP contribution in [0.3, 0.4) is 0 Å². The van der Waals surface area contributed by atoms with Crippen molar-refractivity contribution < 1.29 is 24.6 Å². The maximum atomic E-state index is 10.8. The molecular weight excluding hydrogens is 371 g/mol. The number of carboxylic acids is 2. The maximum absolute atomic E-state index is 10.8. The molecule has 1 unspecified atom stereocenters. The van der Waals surface area contributed by atoms with Crippen molar-refractivity contribution in [3.63, 3.8) is 0 Å². The van der Waals surface area contributed by atoms with E-state index in [1.807, 2.05) is 24.3 Å². The zero-order chi connectivity index (χ0) is 19.2. The number of hydrogen-bond acceptors (Lipinski definition) is 5. The highest BCUT2D eigenvalue weighted by molar-refractivity contribution is 6.18. The van der Waals surface area contributed by atoms with E-state index in [4.69, 9.17) is 39.1 Å². The monoisotopic (exact) mass is 392 g/mol. The predicted octanol–water partition coefficient (Wildman–Crippen LogP) is 1.31. The summed E-state index contributed by atoms with van der Waals surface area (Å²) in [4.78, 5) is 30.6. The van der Waals surface area contributed by atoms with Gasteiger partial charge in [-0.1, -0.05) is 24.3 Å². The summed E-state index contributed by atoms with van der Waals surface area (Å²) in [6.07, 6.45) is 7.16. The average Bonchev–Trinajstić information content (AvgIpc) is 3.11. The third-order valence-corrected chi connectivity index (χ3v) is 3.32.